The molecule has 0 aliphatic rings. The summed E-state index contributed by atoms with van der Waals surface area (Å²) in [4.78, 5) is 0. The monoisotopic (exact) mass is 229 g/mol. The van der Waals surface area contributed by atoms with Crippen molar-refractivity contribution in [1.82, 2.24) is 15.1 Å². The third kappa shape index (κ3) is 2.94. The van der Waals surface area contributed by atoms with E-state index in [1.807, 2.05) is 25.0 Å². The van der Waals surface area contributed by atoms with E-state index in [1.54, 1.807) is 0 Å². The van der Waals surface area contributed by atoms with E-state index >= 15 is 0 Å². The molecule has 1 heterocycles. The van der Waals surface area contributed by atoms with Crippen LogP contribution in [-0.4, -0.2) is 16.8 Å². The minimum Gasteiger partial charge on any atom is -0.311 e. The molecule has 1 unspecified atom stereocenters. The van der Waals surface area contributed by atoms with Crippen molar-refractivity contribution in [2.24, 2.45) is 7.05 Å². The quantitative estimate of drug-likeness (QED) is 0.871. The maximum atomic E-state index is 4.45. The smallest absolute Gasteiger partial charge is 0.0797 e. The largest absolute Gasteiger partial charge is 0.311 e. The Morgan fingerprint density at radius 1 is 1.24 bits per heavy atom. The lowest BCUT2D eigenvalue weighted by Gasteiger charge is -2.13. The molecule has 0 aliphatic carbocycles. The minimum absolute atomic E-state index is 0.277. The van der Waals surface area contributed by atoms with Crippen LogP contribution in [0.2, 0.25) is 0 Å². The molecule has 0 radical (unpaired) electrons. The summed E-state index contributed by atoms with van der Waals surface area (Å²) >= 11 is 0. The highest BCUT2D eigenvalue weighted by molar-refractivity contribution is 5.23. The first kappa shape index (κ1) is 11.9. The molecule has 2 rings (SSSR count). The van der Waals surface area contributed by atoms with E-state index in [-0.39, 0.29) is 6.04 Å². The molecule has 2 aromatic rings. The zero-order valence-electron chi connectivity index (χ0n) is 10.6. The van der Waals surface area contributed by atoms with Crippen LogP contribution in [0.3, 0.4) is 0 Å². The molecule has 1 N–H and O–H groups in total. The van der Waals surface area contributed by atoms with Crippen LogP contribution in [0.25, 0.3) is 0 Å². The van der Waals surface area contributed by atoms with E-state index in [0.29, 0.717) is 0 Å². The van der Waals surface area contributed by atoms with Crippen molar-refractivity contribution in [2.75, 3.05) is 7.05 Å². The standard InChI is InChI=1S/C14H19N3/c1-11-4-6-12(7-5-11)10-14(15-2)13-8-9-17(3)16-13/h4-9,14-15H,10H2,1-3H3. The number of hydrogen-bond acceptors (Lipinski definition) is 2. The summed E-state index contributed by atoms with van der Waals surface area (Å²) in [6.45, 7) is 2.11. The van der Waals surface area contributed by atoms with Crippen LogP contribution in [-0.2, 0) is 13.5 Å². The fourth-order valence-electron chi connectivity index (χ4n) is 1.93. The van der Waals surface area contributed by atoms with Gasteiger partial charge in [0.25, 0.3) is 0 Å². The molecular formula is C14H19N3. The predicted octanol–water partition coefficient (Wildman–Crippen LogP) is 2.23. The van der Waals surface area contributed by atoms with Crippen molar-refractivity contribution < 1.29 is 0 Å². The number of aromatic nitrogens is 2. The van der Waals surface area contributed by atoms with Gasteiger partial charge >= 0.3 is 0 Å². The van der Waals surface area contributed by atoms with Crippen molar-refractivity contribution in [1.29, 1.82) is 0 Å². The Bertz CT molecular complexity index is 470. The van der Waals surface area contributed by atoms with Crippen molar-refractivity contribution >= 4 is 0 Å². The zero-order valence-corrected chi connectivity index (χ0v) is 10.6. The van der Waals surface area contributed by atoms with Crippen LogP contribution in [0.1, 0.15) is 22.9 Å². The minimum atomic E-state index is 0.277. The Kier molecular flexibility index (Phi) is 3.59. The fraction of sp³-hybridized carbons (Fsp3) is 0.357. The SMILES string of the molecule is CNC(Cc1ccc(C)cc1)c1ccn(C)n1. The van der Waals surface area contributed by atoms with E-state index in [9.17, 15) is 0 Å². The van der Waals surface area contributed by atoms with Gasteiger partial charge in [0.1, 0.15) is 0 Å². The molecule has 1 aromatic heterocycles. The number of aryl methyl sites for hydroxylation is 2. The Hall–Kier alpha value is -1.61. The van der Waals surface area contributed by atoms with Gasteiger partial charge in [0, 0.05) is 13.2 Å². The highest BCUT2D eigenvalue weighted by Gasteiger charge is 2.12. The molecule has 0 saturated heterocycles. The van der Waals surface area contributed by atoms with Crippen LogP contribution in [0.4, 0.5) is 0 Å². The van der Waals surface area contributed by atoms with Gasteiger partial charge in [-0.05, 0) is 32.0 Å². The lowest BCUT2D eigenvalue weighted by atomic mass is 10.0. The molecule has 0 amide bonds. The fourth-order valence-corrected chi connectivity index (χ4v) is 1.93. The van der Waals surface area contributed by atoms with Crippen molar-refractivity contribution in [3.05, 3.63) is 53.3 Å². The van der Waals surface area contributed by atoms with Crippen LogP contribution in [0.15, 0.2) is 36.5 Å². The summed E-state index contributed by atoms with van der Waals surface area (Å²) in [6, 6.07) is 11.0. The van der Waals surface area contributed by atoms with Gasteiger partial charge in [0.15, 0.2) is 0 Å². The van der Waals surface area contributed by atoms with Crippen LogP contribution < -0.4 is 5.32 Å². The van der Waals surface area contributed by atoms with Gasteiger partial charge in [-0.25, -0.2) is 0 Å². The van der Waals surface area contributed by atoms with Crippen molar-refractivity contribution in [2.45, 2.75) is 19.4 Å². The molecule has 3 heteroatoms. The van der Waals surface area contributed by atoms with E-state index in [1.165, 1.54) is 11.1 Å². The van der Waals surface area contributed by atoms with E-state index in [2.05, 4.69) is 47.7 Å². The summed E-state index contributed by atoms with van der Waals surface area (Å²) in [7, 11) is 3.93. The normalized spacial score (nSPS) is 12.6. The highest BCUT2D eigenvalue weighted by atomic mass is 15.3. The second kappa shape index (κ2) is 5.15. The van der Waals surface area contributed by atoms with Gasteiger partial charge in [0.2, 0.25) is 0 Å². The number of likely N-dealkylation sites (N-methyl/N-ethyl adjacent to an activating group) is 1. The Labute approximate surface area is 102 Å². The van der Waals surface area contributed by atoms with Crippen LogP contribution >= 0.6 is 0 Å². The van der Waals surface area contributed by atoms with Crippen LogP contribution in [0.5, 0.6) is 0 Å². The molecule has 1 atom stereocenters. The first-order valence-corrected chi connectivity index (χ1v) is 5.91. The molecule has 0 saturated carbocycles. The summed E-state index contributed by atoms with van der Waals surface area (Å²) < 4.78 is 1.84. The maximum Gasteiger partial charge on any atom is 0.0797 e. The van der Waals surface area contributed by atoms with E-state index in [4.69, 9.17) is 0 Å². The van der Waals surface area contributed by atoms with Gasteiger partial charge in [-0.3, -0.25) is 4.68 Å². The number of rotatable bonds is 4. The van der Waals surface area contributed by atoms with Gasteiger partial charge < -0.3 is 5.32 Å². The summed E-state index contributed by atoms with van der Waals surface area (Å²) in [5.41, 5.74) is 3.73. The average molecular weight is 229 g/mol. The maximum absolute atomic E-state index is 4.45. The van der Waals surface area contributed by atoms with Gasteiger partial charge in [-0.2, -0.15) is 5.10 Å². The van der Waals surface area contributed by atoms with Crippen molar-refractivity contribution in [3.8, 4) is 0 Å². The topological polar surface area (TPSA) is 29.9 Å². The zero-order chi connectivity index (χ0) is 12.3. The highest BCUT2D eigenvalue weighted by Crippen LogP contribution is 2.16. The first-order valence-electron chi connectivity index (χ1n) is 5.91. The van der Waals surface area contributed by atoms with Crippen molar-refractivity contribution in [3.63, 3.8) is 0 Å². The third-order valence-corrected chi connectivity index (χ3v) is 3.00. The number of hydrogen-bond donors (Lipinski definition) is 1. The molecular weight excluding hydrogens is 210 g/mol. The van der Waals surface area contributed by atoms with Gasteiger partial charge in [0.05, 0.1) is 11.7 Å². The lowest BCUT2D eigenvalue weighted by Crippen LogP contribution is -2.19. The van der Waals surface area contributed by atoms with E-state index in [0.717, 1.165) is 12.1 Å². The molecule has 3 nitrogen and oxygen atoms in total. The Morgan fingerprint density at radius 3 is 2.47 bits per heavy atom. The predicted molar refractivity (Wildman–Crippen MR) is 69.9 cm³/mol. The summed E-state index contributed by atoms with van der Waals surface area (Å²) in [5, 5.41) is 7.77. The lowest BCUT2D eigenvalue weighted by molar-refractivity contribution is 0.563. The molecule has 0 spiro atoms. The summed E-state index contributed by atoms with van der Waals surface area (Å²) in [6.07, 6.45) is 2.95. The molecule has 0 aliphatic heterocycles. The molecule has 90 valence electrons. The van der Waals surface area contributed by atoms with Gasteiger partial charge in [-0.1, -0.05) is 29.8 Å². The number of benzene rings is 1. The average Bonchev–Trinajstić information content (AvgIpc) is 2.75. The van der Waals surface area contributed by atoms with Crippen LogP contribution in [0, 0.1) is 6.92 Å². The molecule has 1 aromatic carbocycles. The second-order valence-corrected chi connectivity index (χ2v) is 4.45. The number of nitrogens with one attached hydrogen (secondary N) is 1. The molecule has 0 bridgehead atoms. The summed E-state index contributed by atoms with van der Waals surface area (Å²) in [5.74, 6) is 0. The first-order chi connectivity index (χ1) is 8.19. The number of nitrogens with zero attached hydrogens (tertiary/aromatic N) is 2. The second-order valence-electron chi connectivity index (χ2n) is 4.45. The molecule has 0 fully saturated rings. The van der Waals surface area contributed by atoms with E-state index < -0.39 is 0 Å². The molecule has 17 heavy (non-hydrogen) atoms. The Balaban J connectivity index is 2.12. The van der Waals surface area contributed by atoms with Gasteiger partial charge in [-0.15, -0.1) is 0 Å². The third-order valence-electron chi connectivity index (χ3n) is 3.00. The Morgan fingerprint density at radius 2 is 1.94 bits per heavy atom.